The van der Waals surface area contributed by atoms with Gasteiger partial charge in [-0.1, -0.05) is 18.2 Å². The molecule has 0 aliphatic heterocycles. The zero-order valence-corrected chi connectivity index (χ0v) is 10.9. The van der Waals surface area contributed by atoms with Crippen LogP contribution in [0.1, 0.15) is 29.9 Å². The number of nitrogens with one attached hydrogen (secondary N) is 1. The van der Waals surface area contributed by atoms with Crippen LogP contribution in [0.15, 0.2) is 42.7 Å². The Morgan fingerprint density at radius 1 is 1.21 bits per heavy atom. The summed E-state index contributed by atoms with van der Waals surface area (Å²) in [6.45, 7) is 2.03. The predicted molar refractivity (Wildman–Crippen MR) is 74.8 cm³/mol. The Labute approximate surface area is 112 Å². The molecule has 0 saturated heterocycles. The van der Waals surface area contributed by atoms with E-state index in [4.69, 9.17) is 0 Å². The maximum Gasteiger partial charge on any atom is 0.126 e. The number of pyridine rings is 1. The van der Waals surface area contributed by atoms with Crippen molar-refractivity contribution in [3.63, 3.8) is 0 Å². The monoisotopic (exact) mass is 256 g/mol. The lowest BCUT2D eigenvalue weighted by atomic mass is 9.75. The smallest absolute Gasteiger partial charge is 0.126 e. The number of rotatable bonds is 3. The zero-order chi connectivity index (χ0) is 13.2. The van der Waals surface area contributed by atoms with Gasteiger partial charge in [-0.25, -0.2) is 4.39 Å². The van der Waals surface area contributed by atoms with E-state index in [1.54, 1.807) is 12.1 Å². The molecule has 98 valence electrons. The second kappa shape index (κ2) is 5.00. The van der Waals surface area contributed by atoms with Gasteiger partial charge in [-0.05, 0) is 48.9 Å². The fraction of sp³-hybridized carbons (Fsp3) is 0.312. The van der Waals surface area contributed by atoms with Crippen molar-refractivity contribution in [3.8, 4) is 0 Å². The number of aromatic nitrogens is 1. The van der Waals surface area contributed by atoms with Gasteiger partial charge < -0.3 is 5.32 Å². The van der Waals surface area contributed by atoms with Crippen LogP contribution in [-0.2, 0) is 0 Å². The van der Waals surface area contributed by atoms with E-state index >= 15 is 0 Å². The topological polar surface area (TPSA) is 24.9 Å². The number of aryl methyl sites for hydroxylation is 1. The predicted octanol–water partition coefficient (Wildman–Crippen LogP) is 3.89. The first-order valence-corrected chi connectivity index (χ1v) is 6.65. The molecule has 1 saturated carbocycles. The van der Waals surface area contributed by atoms with Crippen molar-refractivity contribution < 1.29 is 4.39 Å². The van der Waals surface area contributed by atoms with Crippen molar-refractivity contribution in [2.75, 3.05) is 5.32 Å². The van der Waals surface area contributed by atoms with E-state index in [9.17, 15) is 4.39 Å². The van der Waals surface area contributed by atoms with Gasteiger partial charge in [0, 0.05) is 18.4 Å². The Balaban J connectivity index is 1.60. The number of hydrogen-bond acceptors (Lipinski definition) is 2. The molecule has 1 aliphatic rings. The van der Waals surface area contributed by atoms with E-state index in [1.165, 1.54) is 0 Å². The molecule has 1 aromatic carbocycles. The highest BCUT2D eigenvalue weighted by molar-refractivity contribution is 5.44. The van der Waals surface area contributed by atoms with E-state index in [2.05, 4.69) is 16.4 Å². The van der Waals surface area contributed by atoms with E-state index in [1.807, 2.05) is 31.5 Å². The Hall–Kier alpha value is -1.90. The van der Waals surface area contributed by atoms with Crippen LogP contribution in [0.2, 0.25) is 0 Å². The van der Waals surface area contributed by atoms with Crippen LogP contribution in [0.4, 0.5) is 10.1 Å². The molecule has 3 rings (SSSR count). The summed E-state index contributed by atoms with van der Waals surface area (Å²) < 4.78 is 13.6. The highest BCUT2D eigenvalue weighted by Gasteiger charge is 2.31. The van der Waals surface area contributed by atoms with Crippen molar-refractivity contribution in [2.24, 2.45) is 0 Å². The standard InChI is InChI=1S/C16H17FN2/c1-11-6-14(10-18-9-11)19-13-7-12(8-13)15-4-2-3-5-16(15)17/h2-6,9-10,12-13,19H,7-8H2,1H3. The second-order valence-electron chi connectivity index (χ2n) is 5.28. The first kappa shape index (κ1) is 12.2. The minimum atomic E-state index is -0.0804. The van der Waals surface area contributed by atoms with E-state index in [-0.39, 0.29) is 5.82 Å². The third-order valence-corrected chi connectivity index (χ3v) is 3.73. The quantitative estimate of drug-likeness (QED) is 0.901. The first-order valence-electron chi connectivity index (χ1n) is 6.65. The molecule has 0 atom stereocenters. The van der Waals surface area contributed by atoms with Gasteiger partial charge >= 0.3 is 0 Å². The van der Waals surface area contributed by atoms with Crippen molar-refractivity contribution in [1.29, 1.82) is 0 Å². The molecule has 19 heavy (non-hydrogen) atoms. The van der Waals surface area contributed by atoms with Crippen LogP contribution < -0.4 is 5.32 Å². The normalized spacial score (nSPS) is 21.8. The number of hydrogen-bond donors (Lipinski definition) is 1. The number of benzene rings is 1. The molecule has 1 fully saturated rings. The molecule has 0 spiro atoms. The molecule has 1 N–H and O–H groups in total. The van der Waals surface area contributed by atoms with Crippen molar-refractivity contribution in [2.45, 2.75) is 31.7 Å². The summed E-state index contributed by atoms with van der Waals surface area (Å²) in [6, 6.07) is 9.59. The minimum absolute atomic E-state index is 0.0804. The molecule has 0 radical (unpaired) electrons. The van der Waals surface area contributed by atoms with Crippen LogP contribution in [-0.4, -0.2) is 11.0 Å². The van der Waals surface area contributed by atoms with E-state index in [0.29, 0.717) is 12.0 Å². The van der Waals surface area contributed by atoms with Gasteiger partial charge in [-0.15, -0.1) is 0 Å². The second-order valence-corrected chi connectivity index (χ2v) is 5.28. The van der Waals surface area contributed by atoms with E-state index < -0.39 is 0 Å². The summed E-state index contributed by atoms with van der Waals surface area (Å²) in [5.74, 6) is 0.264. The SMILES string of the molecule is Cc1cncc(NC2CC(c3ccccc3F)C2)c1. The van der Waals surface area contributed by atoms with Gasteiger partial charge in [-0.3, -0.25) is 4.98 Å². The Bertz CT molecular complexity index is 576. The Morgan fingerprint density at radius 3 is 2.74 bits per heavy atom. The van der Waals surface area contributed by atoms with Crippen LogP contribution >= 0.6 is 0 Å². The lowest BCUT2D eigenvalue weighted by Crippen LogP contribution is -2.34. The minimum Gasteiger partial charge on any atom is -0.381 e. The molecule has 2 aromatic rings. The van der Waals surface area contributed by atoms with Gasteiger partial charge in [0.2, 0.25) is 0 Å². The van der Waals surface area contributed by atoms with Gasteiger partial charge in [0.1, 0.15) is 5.82 Å². The molecule has 0 amide bonds. The molecule has 3 heteroatoms. The van der Waals surface area contributed by atoms with Crippen LogP contribution in [0.3, 0.4) is 0 Å². The van der Waals surface area contributed by atoms with Crippen LogP contribution in [0.25, 0.3) is 0 Å². The van der Waals surface area contributed by atoms with Gasteiger partial charge in [0.05, 0.1) is 5.69 Å². The number of halogens is 1. The van der Waals surface area contributed by atoms with Crippen molar-refractivity contribution in [3.05, 3.63) is 59.7 Å². The van der Waals surface area contributed by atoms with Crippen molar-refractivity contribution in [1.82, 2.24) is 4.98 Å². The zero-order valence-electron chi connectivity index (χ0n) is 10.9. The van der Waals surface area contributed by atoms with Crippen molar-refractivity contribution >= 4 is 5.69 Å². The molecule has 2 nitrogen and oxygen atoms in total. The molecule has 1 heterocycles. The van der Waals surface area contributed by atoms with Gasteiger partial charge in [-0.2, -0.15) is 0 Å². The lowest BCUT2D eigenvalue weighted by Gasteiger charge is -2.37. The largest absolute Gasteiger partial charge is 0.381 e. The summed E-state index contributed by atoms with van der Waals surface area (Å²) in [5, 5.41) is 3.45. The summed E-state index contributed by atoms with van der Waals surface area (Å²) in [6.07, 6.45) is 5.64. The molecule has 1 aromatic heterocycles. The number of nitrogens with zero attached hydrogens (tertiary/aromatic N) is 1. The highest BCUT2D eigenvalue weighted by atomic mass is 19.1. The van der Waals surface area contributed by atoms with Crippen LogP contribution in [0, 0.1) is 12.7 Å². The Kier molecular flexibility index (Phi) is 3.20. The maximum atomic E-state index is 13.6. The molecular weight excluding hydrogens is 239 g/mol. The summed E-state index contributed by atoms with van der Waals surface area (Å²) in [4.78, 5) is 4.16. The van der Waals surface area contributed by atoms with Crippen LogP contribution in [0.5, 0.6) is 0 Å². The first-order chi connectivity index (χ1) is 9.22. The molecular formula is C16H17FN2. The average molecular weight is 256 g/mol. The maximum absolute atomic E-state index is 13.6. The van der Waals surface area contributed by atoms with Gasteiger partial charge in [0.25, 0.3) is 0 Å². The number of anilines is 1. The molecule has 0 unspecified atom stereocenters. The lowest BCUT2D eigenvalue weighted by molar-refractivity contribution is 0.363. The fourth-order valence-electron chi connectivity index (χ4n) is 2.67. The third-order valence-electron chi connectivity index (χ3n) is 3.73. The Morgan fingerprint density at radius 2 is 2.00 bits per heavy atom. The molecule has 0 bridgehead atoms. The highest BCUT2D eigenvalue weighted by Crippen LogP contribution is 2.39. The molecule has 1 aliphatic carbocycles. The van der Waals surface area contributed by atoms with E-state index in [0.717, 1.165) is 29.7 Å². The van der Waals surface area contributed by atoms with Gasteiger partial charge in [0.15, 0.2) is 0 Å². The summed E-state index contributed by atoms with van der Waals surface area (Å²) in [5.41, 5.74) is 3.05. The summed E-state index contributed by atoms with van der Waals surface area (Å²) >= 11 is 0. The third kappa shape index (κ3) is 2.60. The fourth-order valence-corrected chi connectivity index (χ4v) is 2.67. The average Bonchev–Trinajstić information content (AvgIpc) is 2.35. The summed E-state index contributed by atoms with van der Waals surface area (Å²) in [7, 11) is 0.